The summed E-state index contributed by atoms with van der Waals surface area (Å²) >= 11 is 0. The van der Waals surface area contributed by atoms with E-state index in [0.29, 0.717) is 16.8 Å². The molecule has 1 atom stereocenters. The Morgan fingerprint density at radius 1 is 1.61 bits per heavy atom. The number of anilines is 1. The minimum absolute atomic E-state index is 0.128. The van der Waals surface area contributed by atoms with Crippen LogP contribution in [0.3, 0.4) is 0 Å². The zero-order valence-electron chi connectivity index (χ0n) is 10.8. The fourth-order valence-electron chi connectivity index (χ4n) is 1.68. The van der Waals surface area contributed by atoms with E-state index in [0.717, 1.165) is 0 Å². The fraction of sp³-hybridized carbons (Fsp3) is 0.385. The molecule has 0 aliphatic heterocycles. The maximum Gasteiger partial charge on any atom is 0.239 e. The van der Waals surface area contributed by atoms with Gasteiger partial charge in [-0.1, -0.05) is 6.07 Å². The Balaban J connectivity index is 3.11. The summed E-state index contributed by atoms with van der Waals surface area (Å²) in [5.41, 5.74) is 1.88. The molecule has 0 aliphatic carbocycles. The van der Waals surface area contributed by atoms with Gasteiger partial charge in [-0.15, -0.1) is 0 Å². The molecule has 0 unspecified atom stereocenters. The SMILES string of the molecule is CNC(=O)CN(C)c1cc(C#N)ccc1[C@@H](C)O. The van der Waals surface area contributed by atoms with E-state index in [1.807, 2.05) is 6.07 Å². The number of carbonyl (C=O) groups is 1. The van der Waals surface area contributed by atoms with Gasteiger partial charge in [-0.3, -0.25) is 4.79 Å². The standard InChI is InChI=1S/C13H17N3O2/c1-9(17)11-5-4-10(7-14)6-12(11)16(3)8-13(18)15-2/h4-6,9,17H,8H2,1-3H3,(H,15,18)/t9-/m1/s1. The average molecular weight is 247 g/mol. The molecule has 2 N–H and O–H groups in total. The van der Waals surface area contributed by atoms with Crippen LogP contribution in [-0.4, -0.2) is 31.7 Å². The van der Waals surface area contributed by atoms with E-state index in [4.69, 9.17) is 5.26 Å². The van der Waals surface area contributed by atoms with E-state index in [1.165, 1.54) is 0 Å². The van der Waals surface area contributed by atoms with Crippen LogP contribution in [-0.2, 0) is 4.79 Å². The molecule has 5 heteroatoms. The number of hydrogen-bond acceptors (Lipinski definition) is 4. The largest absolute Gasteiger partial charge is 0.389 e. The van der Waals surface area contributed by atoms with E-state index in [1.54, 1.807) is 44.1 Å². The van der Waals surface area contributed by atoms with E-state index >= 15 is 0 Å². The van der Waals surface area contributed by atoms with Crippen LogP contribution < -0.4 is 10.2 Å². The van der Waals surface area contributed by atoms with Crippen molar-refractivity contribution in [3.63, 3.8) is 0 Å². The highest BCUT2D eigenvalue weighted by Gasteiger charge is 2.14. The first-order valence-corrected chi connectivity index (χ1v) is 5.63. The van der Waals surface area contributed by atoms with Crippen molar-refractivity contribution in [2.24, 2.45) is 0 Å². The van der Waals surface area contributed by atoms with Crippen LogP contribution >= 0.6 is 0 Å². The molecular formula is C13H17N3O2. The molecule has 1 rings (SSSR count). The fourth-order valence-corrected chi connectivity index (χ4v) is 1.68. The first kappa shape index (κ1) is 14.0. The van der Waals surface area contributed by atoms with Gasteiger partial charge >= 0.3 is 0 Å². The molecule has 0 spiro atoms. The van der Waals surface area contributed by atoms with Crippen LogP contribution in [0, 0.1) is 11.3 Å². The van der Waals surface area contributed by atoms with Gasteiger partial charge in [0.15, 0.2) is 0 Å². The third kappa shape index (κ3) is 3.22. The summed E-state index contributed by atoms with van der Waals surface area (Å²) in [5, 5.41) is 21.1. The van der Waals surface area contributed by atoms with Gasteiger partial charge in [-0.05, 0) is 19.1 Å². The normalized spacial score (nSPS) is 11.5. The Kier molecular flexibility index (Phi) is 4.69. The van der Waals surface area contributed by atoms with Gasteiger partial charge in [0.25, 0.3) is 0 Å². The summed E-state index contributed by atoms with van der Waals surface area (Å²) in [4.78, 5) is 13.1. The highest BCUT2D eigenvalue weighted by atomic mass is 16.3. The molecule has 0 saturated carbocycles. The second-order valence-corrected chi connectivity index (χ2v) is 4.09. The Bertz CT molecular complexity index is 478. The summed E-state index contributed by atoms with van der Waals surface area (Å²) in [6.45, 7) is 1.82. The first-order valence-electron chi connectivity index (χ1n) is 5.63. The lowest BCUT2D eigenvalue weighted by atomic mass is 10.0. The summed E-state index contributed by atoms with van der Waals surface area (Å²) in [5.74, 6) is -0.128. The van der Waals surface area contributed by atoms with Gasteiger partial charge in [0.1, 0.15) is 0 Å². The number of benzene rings is 1. The predicted octanol–water partition coefficient (Wildman–Crippen LogP) is 0.794. The van der Waals surface area contributed by atoms with Gasteiger partial charge in [0, 0.05) is 25.3 Å². The second kappa shape index (κ2) is 6.03. The van der Waals surface area contributed by atoms with Gasteiger partial charge in [-0.25, -0.2) is 0 Å². The van der Waals surface area contributed by atoms with Gasteiger partial charge in [0.05, 0.1) is 24.3 Å². The molecule has 0 radical (unpaired) electrons. The number of nitrogens with one attached hydrogen (secondary N) is 1. The van der Waals surface area contributed by atoms with E-state index in [-0.39, 0.29) is 12.5 Å². The molecule has 0 aliphatic rings. The van der Waals surface area contributed by atoms with Crippen molar-refractivity contribution in [3.05, 3.63) is 29.3 Å². The molecule has 5 nitrogen and oxygen atoms in total. The zero-order chi connectivity index (χ0) is 13.7. The number of nitriles is 1. The zero-order valence-corrected chi connectivity index (χ0v) is 10.8. The molecule has 1 amide bonds. The number of likely N-dealkylation sites (N-methyl/N-ethyl adjacent to an activating group) is 2. The third-order valence-corrected chi connectivity index (χ3v) is 2.68. The second-order valence-electron chi connectivity index (χ2n) is 4.09. The van der Waals surface area contributed by atoms with Gasteiger partial charge in [0.2, 0.25) is 5.91 Å². The molecule has 0 aromatic heterocycles. The molecule has 1 aromatic rings. The highest BCUT2D eigenvalue weighted by Crippen LogP contribution is 2.26. The molecular weight excluding hydrogens is 230 g/mol. The first-order chi connectivity index (χ1) is 8.49. The molecule has 1 aromatic carbocycles. The minimum Gasteiger partial charge on any atom is -0.389 e. The molecule has 0 heterocycles. The van der Waals surface area contributed by atoms with E-state index in [2.05, 4.69) is 5.32 Å². The number of amides is 1. The quantitative estimate of drug-likeness (QED) is 0.825. The topological polar surface area (TPSA) is 76.4 Å². The lowest BCUT2D eigenvalue weighted by molar-refractivity contribution is -0.119. The van der Waals surface area contributed by atoms with Crippen LogP contribution in [0.2, 0.25) is 0 Å². The lowest BCUT2D eigenvalue weighted by Crippen LogP contribution is -2.33. The summed E-state index contributed by atoms with van der Waals surface area (Å²) in [6, 6.07) is 7.08. The summed E-state index contributed by atoms with van der Waals surface area (Å²) < 4.78 is 0. The molecule has 0 bridgehead atoms. The maximum absolute atomic E-state index is 11.4. The highest BCUT2D eigenvalue weighted by molar-refractivity contribution is 5.81. The van der Waals surface area contributed by atoms with E-state index in [9.17, 15) is 9.90 Å². The Morgan fingerprint density at radius 2 is 2.28 bits per heavy atom. The third-order valence-electron chi connectivity index (χ3n) is 2.68. The molecule has 0 saturated heterocycles. The number of hydrogen-bond donors (Lipinski definition) is 2. The van der Waals surface area contributed by atoms with E-state index < -0.39 is 6.10 Å². The van der Waals surface area contributed by atoms with Crippen LogP contribution in [0.1, 0.15) is 24.2 Å². The lowest BCUT2D eigenvalue weighted by Gasteiger charge is -2.23. The molecule has 18 heavy (non-hydrogen) atoms. The monoisotopic (exact) mass is 247 g/mol. The Hall–Kier alpha value is -2.06. The Labute approximate surface area is 107 Å². The van der Waals surface area contributed by atoms with Crippen molar-refractivity contribution in [2.75, 3.05) is 25.5 Å². The predicted molar refractivity (Wildman–Crippen MR) is 69.1 cm³/mol. The van der Waals surface area contributed by atoms with Crippen LogP contribution in [0.15, 0.2) is 18.2 Å². The number of aliphatic hydroxyl groups is 1. The number of aliphatic hydroxyl groups excluding tert-OH is 1. The van der Waals surface area contributed by atoms with Gasteiger partial charge < -0.3 is 15.3 Å². The Morgan fingerprint density at radius 3 is 2.78 bits per heavy atom. The minimum atomic E-state index is -0.653. The summed E-state index contributed by atoms with van der Waals surface area (Å²) in [7, 11) is 3.31. The van der Waals surface area contributed by atoms with Gasteiger partial charge in [-0.2, -0.15) is 5.26 Å². The number of rotatable bonds is 4. The van der Waals surface area contributed by atoms with Crippen molar-refractivity contribution >= 4 is 11.6 Å². The van der Waals surface area contributed by atoms with Crippen molar-refractivity contribution < 1.29 is 9.90 Å². The summed E-state index contributed by atoms with van der Waals surface area (Å²) in [6.07, 6.45) is -0.653. The van der Waals surface area contributed by atoms with Crippen LogP contribution in [0.4, 0.5) is 5.69 Å². The van der Waals surface area contributed by atoms with Crippen molar-refractivity contribution in [2.45, 2.75) is 13.0 Å². The van der Waals surface area contributed by atoms with Crippen molar-refractivity contribution in [1.82, 2.24) is 5.32 Å². The smallest absolute Gasteiger partial charge is 0.239 e. The van der Waals surface area contributed by atoms with Crippen LogP contribution in [0.5, 0.6) is 0 Å². The number of carbonyl (C=O) groups excluding carboxylic acids is 1. The maximum atomic E-state index is 11.4. The average Bonchev–Trinajstić information content (AvgIpc) is 2.37. The van der Waals surface area contributed by atoms with Crippen molar-refractivity contribution in [3.8, 4) is 6.07 Å². The van der Waals surface area contributed by atoms with Crippen molar-refractivity contribution in [1.29, 1.82) is 5.26 Å². The molecule has 96 valence electrons. The molecule has 0 fully saturated rings. The van der Waals surface area contributed by atoms with Crippen LogP contribution in [0.25, 0.3) is 0 Å². The number of nitrogens with zero attached hydrogens (tertiary/aromatic N) is 2.